The molecule has 5 nitrogen and oxygen atoms in total. The van der Waals surface area contributed by atoms with Crippen LogP contribution in [0.2, 0.25) is 0 Å². The van der Waals surface area contributed by atoms with E-state index in [1.807, 2.05) is 7.05 Å². The van der Waals surface area contributed by atoms with Gasteiger partial charge in [0.1, 0.15) is 6.29 Å². The molecule has 2 aliphatic heterocycles. The average molecular weight is 412 g/mol. The zero-order chi connectivity index (χ0) is 21.0. The van der Waals surface area contributed by atoms with Gasteiger partial charge in [-0.3, -0.25) is 4.79 Å². The molecule has 4 aliphatic rings. The minimum atomic E-state index is -0.128. The topological polar surface area (TPSA) is 52.6 Å². The molecule has 2 heterocycles. The maximum Gasteiger partial charge on any atom is 0.230 e. The Labute approximate surface area is 181 Å². The number of hydrogen-bond donors (Lipinski definition) is 1. The Morgan fingerprint density at radius 2 is 1.70 bits per heavy atom. The molecule has 1 atom stereocenters. The largest absolute Gasteiger partial charge is 0.388 e. The number of likely N-dealkylation sites (tertiary alicyclic amines) is 1. The van der Waals surface area contributed by atoms with E-state index in [0.717, 1.165) is 63.7 Å². The number of anilines is 2. The van der Waals surface area contributed by atoms with E-state index >= 15 is 0 Å². The number of piperidine rings is 1. The van der Waals surface area contributed by atoms with Crippen molar-refractivity contribution in [2.24, 2.45) is 11.3 Å². The van der Waals surface area contributed by atoms with Gasteiger partial charge in [-0.15, -0.1) is 0 Å². The minimum absolute atomic E-state index is 0.128. The maximum atomic E-state index is 13.3. The summed E-state index contributed by atoms with van der Waals surface area (Å²) in [5.74, 6) is 0.908. The lowest BCUT2D eigenvalue weighted by Crippen LogP contribution is -2.49. The summed E-state index contributed by atoms with van der Waals surface area (Å²) < 4.78 is 0. The molecule has 4 fully saturated rings. The van der Waals surface area contributed by atoms with Crippen LogP contribution in [0.15, 0.2) is 24.3 Å². The van der Waals surface area contributed by atoms with Crippen LogP contribution >= 0.6 is 0 Å². The van der Waals surface area contributed by atoms with E-state index in [-0.39, 0.29) is 5.41 Å². The molecular formula is C25H37N3O2. The third-order valence-electron chi connectivity index (χ3n) is 7.47. The van der Waals surface area contributed by atoms with Crippen LogP contribution in [0.5, 0.6) is 0 Å². The number of hydrogen-bond acceptors (Lipinski definition) is 4. The van der Waals surface area contributed by atoms with Crippen molar-refractivity contribution >= 4 is 23.6 Å². The zero-order valence-corrected chi connectivity index (χ0v) is 18.4. The van der Waals surface area contributed by atoms with Crippen molar-refractivity contribution in [3.63, 3.8) is 0 Å². The number of nitrogens with one attached hydrogen (secondary N) is 1. The third kappa shape index (κ3) is 4.65. The molecule has 164 valence electrons. The Morgan fingerprint density at radius 1 is 0.967 bits per heavy atom. The number of benzene rings is 1. The standard InChI is InChI=1S/C21H31N3O.C4H6O/c1-22-17-8-10-18(11-9-17)23-14-5-12-21(16-23)13-15-24(20(21)25)19-6-3-2-4-7-19;5-3-4-1-2-4/h8-11,19,22H,2-7,12-16H2,1H3;3-4H,1-2H2. The van der Waals surface area contributed by atoms with E-state index in [4.69, 9.17) is 0 Å². The molecule has 5 heteroatoms. The summed E-state index contributed by atoms with van der Waals surface area (Å²) in [5, 5.41) is 3.18. The van der Waals surface area contributed by atoms with E-state index in [1.165, 1.54) is 37.8 Å². The highest BCUT2D eigenvalue weighted by Crippen LogP contribution is 2.43. The van der Waals surface area contributed by atoms with Crippen molar-refractivity contribution in [2.75, 3.05) is 36.9 Å². The van der Waals surface area contributed by atoms with Gasteiger partial charge < -0.3 is 19.9 Å². The van der Waals surface area contributed by atoms with Crippen molar-refractivity contribution in [1.29, 1.82) is 0 Å². The maximum absolute atomic E-state index is 13.3. The summed E-state index contributed by atoms with van der Waals surface area (Å²) in [5.41, 5.74) is 2.26. The van der Waals surface area contributed by atoms with Crippen molar-refractivity contribution in [3.05, 3.63) is 24.3 Å². The van der Waals surface area contributed by atoms with Crippen LogP contribution in [0.1, 0.15) is 64.2 Å². The second-order valence-electron chi connectivity index (χ2n) is 9.62. The number of nitrogens with zero attached hydrogens (tertiary/aromatic N) is 2. The molecule has 30 heavy (non-hydrogen) atoms. The molecule has 1 amide bonds. The molecule has 1 unspecified atom stereocenters. The number of rotatable bonds is 4. The van der Waals surface area contributed by atoms with Crippen molar-refractivity contribution in [2.45, 2.75) is 70.3 Å². The summed E-state index contributed by atoms with van der Waals surface area (Å²) in [6, 6.07) is 9.14. The van der Waals surface area contributed by atoms with Gasteiger partial charge in [0.25, 0.3) is 0 Å². The van der Waals surface area contributed by atoms with Gasteiger partial charge in [-0.2, -0.15) is 0 Å². The first-order valence-electron chi connectivity index (χ1n) is 11.9. The van der Waals surface area contributed by atoms with Crippen LogP contribution < -0.4 is 10.2 Å². The van der Waals surface area contributed by atoms with Crippen LogP contribution in [0.4, 0.5) is 11.4 Å². The van der Waals surface area contributed by atoms with E-state index in [0.29, 0.717) is 17.9 Å². The van der Waals surface area contributed by atoms with Gasteiger partial charge in [-0.25, -0.2) is 0 Å². The quantitative estimate of drug-likeness (QED) is 0.743. The van der Waals surface area contributed by atoms with Crippen LogP contribution in [0, 0.1) is 11.3 Å². The van der Waals surface area contributed by atoms with Gasteiger partial charge in [-0.1, -0.05) is 19.3 Å². The Balaban J connectivity index is 0.000000383. The molecule has 1 aromatic carbocycles. The van der Waals surface area contributed by atoms with Crippen LogP contribution in [-0.4, -0.2) is 49.8 Å². The highest BCUT2D eigenvalue weighted by molar-refractivity contribution is 5.86. The first-order valence-corrected chi connectivity index (χ1v) is 11.9. The molecular weight excluding hydrogens is 374 g/mol. The Bertz CT molecular complexity index is 724. The molecule has 1 spiro atoms. The molecule has 2 saturated heterocycles. The van der Waals surface area contributed by atoms with Gasteiger partial charge in [-0.05, 0) is 69.2 Å². The smallest absolute Gasteiger partial charge is 0.230 e. The molecule has 0 radical (unpaired) electrons. The molecule has 0 bridgehead atoms. The monoisotopic (exact) mass is 411 g/mol. The molecule has 2 aliphatic carbocycles. The Kier molecular flexibility index (Phi) is 6.64. The lowest BCUT2D eigenvalue weighted by atomic mass is 9.78. The molecule has 1 N–H and O–H groups in total. The predicted octanol–water partition coefficient (Wildman–Crippen LogP) is 4.48. The van der Waals surface area contributed by atoms with E-state index < -0.39 is 0 Å². The lowest BCUT2D eigenvalue weighted by molar-refractivity contribution is -0.139. The second-order valence-corrected chi connectivity index (χ2v) is 9.62. The first-order chi connectivity index (χ1) is 14.6. The molecule has 1 aromatic rings. The van der Waals surface area contributed by atoms with Crippen LogP contribution in [0.25, 0.3) is 0 Å². The first kappa shape index (κ1) is 21.2. The summed E-state index contributed by atoms with van der Waals surface area (Å²) in [4.78, 5) is 27.6. The fourth-order valence-corrected chi connectivity index (χ4v) is 5.39. The Morgan fingerprint density at radius 3 is 2.30 bits per heavy atom. The molecule has 0 aromatic heterocycles. The predicted molar refractivity (Wildman–Crippen MR) is 122 cm³/mol. The summed E-state index contributed by atoms with van der Waals surface area (Å²) in [6.45, 7) is 2.95. The van der Waals surface area contributed by atoms with Crippen LogP contribution in [0.3, 0.4) is 0 Å². The van der Waals surface area contributed by atoms with Crippen molar-refractivity contribution < 1.29 is 9.59 Å². The minimum Gasteiger partial charge on any atom is -0.388 e. The number of amides is 1. The van der Waals surface area contributed by atoms with E-state index in [1.54, 1.807) is 0 Å². The zero-order valence-electron chi connectivity index (χ0n) is 18.4. The van der Waals surface area contributed by atoms with Gasteiger partial charge >= 0.3 is 0 Å². The van der Waals surface area contributed by atoms with Gasteiger partial charge in [0.05, 0.1) is 5.41 Å². The van der Waals surface area contributed by atoms with Crippen molar-refractivity contribution in [3.8, 4) is 0 Å². The number of carbonyl (C=O) groups excluding carboxylic acids is 2. The fraction of sp³-hybridized carbons (Fsp3) is 0.680. The van der Waals surface area contributed by atoms with Crippen LogP contribution in [-0.2, 0) is 9.59 Å². The lowest BCUT2D eigenvalue weighted by Gasteiger charge is -2.41. The third-order valence-corrected chi connectivity index (χ3v) is 7.47. The highest BCUT2D eigenvalue weighted by Gasteiger charge is 2.50. The fourth-order valence-electron chi connectivity index (χ4n) is 5.39. The normalized spacial score (nSPS) is 27.0. The highest BCUT2D eigenvalue weighted by atomic mass is 16.2. The summed E-state index contributed by atoms with van der Waals surface area (Å²) in [6.07, 6.45) is 12.9. The van der Waals surface area contributed by atoms with E-state index in [2.05, 4.69) is 39.4 Å². The summed E-state index contributed by atoms with van der Waals surface area (Å²) in [7, 11) is 1.95. The Hall–Kier alpha value is -2.04. The van der Waals surface area contributed by atoms with E-state index in [9.17, 15) is 9.59 Å². The molecule has 2 saturated carbocycles. The van der Waals surface area contributed by atoms with Crippen molar-refractivity contribution in [1.82, 2.24) is 4.90 Å². The second kappa shape index (κ2) is 9.40. The number of carbonyl (C=O) groups is 2. The van der Waals surface area contributed by atoms with Gasteiger partial charge in [0.2, 0.25) is 5.91 Å². The average Bonchev–Trinajstić information content (AvgIpc) is 3.61. The van der Waals surface area contributed by atoms with Gasteiger partial charge in [0, 0.05) is 50.0 Å². The number of aldehydes is 1. The summed E-state index contributed by atoms with van der Waals surface area (Å²) >= 11 is 0. The SMILES string of the molecule is CNc1ccc(N2CCCC3(CCN(C4CCCCC4)C3=O)C2)cc1.O=CC1CC1. The van der Waals surface area contributed by atoms with Gasteiger partial charge in [0.15, 0.2) is 0 Å². The molecule has 5 rings (SSSR count).